The number of aromatic nitrogens is 2. The Morgan fingerprint density at radius 1 is 1.09 bits per heavy atom. The number of nitrogens with zero attached hydrogens (tertiary/aromatic N) is 2. The predicted octanol–water partition coefficient (Wildman–Crippen LogP) is 5.88. The summed E-state index contributed by atoms with van der Waals surface area (Å²) in [5.74, 6) is -4.79. The third-order valence-electron chi connectivity index (χ3n) is 7.65. The average Bonchev–Trinajstić information content (AvgIpc) is 3.30. The number of halogens is 3. The van der Waals surface area contributed by atoms with Crippen LogP contribution in [0.5, 0.6) is 5.75 Å². The molecule has 1 saturated carbocycles. The Bertz CT molecular complexity index is 1530. The summed E-state index contributed by atoms with van der Waals surface area (Å²) in [5.41, 5.74) is -0.578. The van der Waals surface area contributed by atoms with Gasteiger partial charge in [-0.15, -0.1) is 0 Å². The Kier molecular flexibility index (Phi) is 9.07. The average molecular weight is 615 g/mol. The Morgan fingerprint density at radius 3 is 2.52 bits per heavy atom. The number of ether oxygens (including phenoxy) is 3. The molecule has 1 aromatic carbocycles. The van der Waals surface area contributed by atoms with Gasteiger partial charge in [0.15, 0.2) is 5.79 Å². The van der Waals surface area contributed by atoms with Crippen LogP contribution in [0, 0.1) is 23.4 Å². The number of anilines is 1. The summed E-state index contributed by atoms with van der Waals surface area (Å²) >= 11 is 0. The first kappa shape index (κ1) is 31.2. The van der Waals surface area contributed by atoms with Gasteiger partial charge in [0.1, 0.15) is 47.3 Å². The molecule has 1 aliphatic carbocycles. The maximum Gasteiger partial charge on any atom is 0.404 e. The van der Waals surface area contributed by atoms with Crippen LogP contribution in [0.15, 0.2) is 42.7 Å². The van der Waals surface area contributed by atoms with Crippen LogP contribution in [0.2, 0.25) is 0 Å². The number of amides is 2. The highest BCUT2D eigenvalue weighted by molar-refractivity contribution is 6.03. The van der Waals surface area contributed by atoms with Gasteiger partial charge in [-0.25, -0.2) is 22.9 Å². The minimum absolute atomic E-state index is 0.0171. The van der Waals surface area contributed by atoms with Gasteiger partial charge in [0.05, 0.1) is 24.1 Å². The van der Waals surface area contributed by atoms with E-state index in [0.29, 0.717) is 18.5 Å². The lowest BCUT2D eigenvalue weighted by Crippen LogP contribution is -2.39. The van der Waals surface area contributed by atoms with Crippen molar-refractivity contribution in [1.29, 1.82) is 0 Å². The summed E-state index contributed by atoms with van der Waals surface area (Å²) in [4.78, 5) is 32.6. The molecule has 13 heteroatoms. The molecule has 5 rings (SSSR count). The molecule has 0 unspecified atom stereocenters. The van der Waals surface area contributed by atoms with Gasteiger partial charge in [0.25, 0.3) is 5.91 Å². The molecule has 1 saturated heterocycles. The number of rotatable bonds is 8. The second-order valence-corrected chi connectivity index (χ2v) is 11.6. The number of carbonyl (C=O) groups is 2. The van der Waals surface area contributed by atoms with Crippen molar-refractivity contribution in [3.8, 4) is 17.0 Å². The SMILES string of the molecule is C[C@@H]1C[C@H](NC(=O)O)C[C@H](c2ccncc2NC(=O)c2ccc(F)c(-c3c(F)cc(OC[C@H]4COC(C)(C)O4)cc3F)n2)C1. The number of benzene rings is 1. The molecule has 2 aliphatic rings. The van der Waals surface area contributed by atoms with Gasteiger partial charge in [-0.3, -0.25) is 9.78 Å². The van der Waals surface area contributed by atoms with E-state index in [9.17, 15) is 19.1 Å². The van der Waals surface area contributed by atoms with Crippen LogP contribution in [-0.2, 0) is 9.47 Å². The molecular formula is C31H33F3N4O6. The lowest BCUT2D eigenvalue weighted by atomic mass is 9.76. The number of carbonyl (C=O) groups excluding carboxylic acids is 1. The van der Waals surface area contributed by atoms with Crippen molar-refractivity contribution in [2.75, 3.05) is 18.5 Å². The second kappa shape index (κ2) is 12.8. The van der Waals surface area contributed by atoms with Crippen LogP contribution in [0.3, 0.4) is 0 Å². The molecular weight excluding hydrogens is 581 g/mol. The summed E-state index contributed by atoms with van der Waals surface area (Å²) in [6.07, 6.45) is 3.49. The largest absolute Gasteiger partial charge is 0.491 e. The van der Waals surface area contributed by atoms with Gasteiger partial charge in [-0.1, -0.05) is 6.92 Å². The van der Waals surface area contributed by atoms with Crippen molar-refractivity contribution in [3.63, 3.8) is 0 Å². The standard InChI is InChI=1S/C31H33F3N4O6/c1-16-8-17(10-18(9-16)36-30(40)41)21-6-7-35-13-26(21)38-29(39)25-5-4-22(32)28(37-25)27-23(33)11-19(12-24(27)34)42-14-20-15-43-31(2,3)44-20/h4-7,11-13,16-18,20,36H,8-10,14-15H2,1-3H3,(H,38,39)(H,40,41)/t16-,17+,18-,20-/m0/s1. The van der Waals surface area contributed by atoms with E-state index in [4.69, 9.17) is 14.2 Å². The molecule has 10 nitrogen and oxygen atoms in total. The van der Waals surface area contributed by atoms with Crippen LogP contribution >= 0.6 is 0 Å². The van der Waals surface area contributed by atoms with Crippen LogP contribution in [-0.4, -0.2) is 58.2 Å². The molecule has 0 bridgehead atoms. The fourth-order valence-corrected chi connectivity index (χ4v) is 5.84. The van der Waals surface area contributed by atoms with E-state index < -0.39 is 52.6 Å². The van der Waals surface area contributed by atoms with Crippen LogP contribution < -0.4 is 15.4 Å². The van der Waals surface area contributed by atoms with Crippen molar-refractivity contribution >= 4 is 17.7 Å². The first-order valence-corrected chi connectivity index (χ1v) is 14.2. The van der Waals surface area contributed by atoms with Gasteiger partial charge < -0.3 is 30.0 Å². The first-order valence-electron chi connectivity index (χ1n) is 14.2. The molecule has 2 amide bonds. The number of pyridine rings is 2. The molecule has 0 radical (unpaired) electrons. The lowest BCUT2D eigenvalue weighted by molar-refractivity contribution is -0.141. The lowest BCUT2D eigenvalue weighted by Gasteiger charge is -2.34. The second-order valence-electron chi connectivity index (χ2n) is 11.6. The van der Waals surface area contributed by atoms with Crippen LogP contribution in [0.25, 0.3) is 11.3 Å². The fraction of sp³-hybridized carbons (Fsp3) is 0.419. The van der Waals surface area contributed by atoms with E-state index in [-0.39, 0.29) is 42.5 Å². The first-order chi connectivity index (χ1) is 20.9. The highest BCUT2D eigenvalue weighted by atomic mass is 19.1. The monoisotopic (exact) mass is 614 g/mol. The minimum atomic E-state index is -1.13. The predicted molar refractivity (Wildman–Crippen MR) is 153 cm³/mol. The number of hydrogen-bond donors (Lipinski definition) is 3. The highest BCUT2D eigenvalue weighted by Gasteiger charge is 2.33. The molecule has 44 heavy (non-hydrogen) atoms. The van der Waals surface area contributed by atoms with E-state index in [0.717, 1.165) is 36.2 Å². The van der Waals surface area contributed by atoms with Crippen LogP contribution in [0.1, 0.15) is 62.0 Å². The molecule has 0 spiro atoms. The zero-order valence-electron chi connectivity index (χ0n) is 24.4. The van der Waals surface area contributed by atoms with Crippen molar-refractivity contribution < 1.29 is 42.1 Å². The summed E-state index contributed by atoms with van der Waals surface area (Å²) in [7, 11) is 0. The van der Waals surface area contributed by atoms with Crippen LogP contribution in [0.4, 0.5) is 23.7 Å². The Labute approximate surface area is 252 Å². The van der Waals surface area contributed by atoms with Gasteiger partial charge in [0, 0.05) is 24.4 Å². The zero-order valence-corrected chi connectivity index (χ0v) is 24.4. The molecule has 3 heterocycles. The van der Waals surface area contributed by atoms with Gasteiger partial charge in [-0.05, 0) is 68.7 Å². The third kappa shape index (κ3) is 7.28. The smallest absolute Gasteiger partial charge is 0.404 e. The molecule has 2 fully saturated rings. The van der Waals surface area contributed by atoms with Crippen molar-refractivity contribution in [3.05, 3.63) is 71.4 Å². The summed E-state index contributed by atoms with van der Waals surface area (Å²) in [6, 6.07) is 5.34. The normalized spacial score (nSPS) is 22.8. The Morgan fingerprint density at radius 2 is 1.84 bits per heavy atom. The molecule has 234 valence electrons. The van der Waals surface area contributed by atoms with Gasteiger partial charge in [0.2, 0.25) is 0 Å². The maximum atomic E-state index is 15.1. The van der Waals surface area contributed by atoms with Crippen molar-refractivity contribution in [1.82, 2.24) is 15.3 Å². The van der Waals surface area contributed by atoms with Gasteiger partial charge >= 0.3 is 6.09 Å². The Balaban J connectivity index is 1.34. The fourth-order valence-electron chi connectivity index (χ4n) is 5.84. The third-order valence-corrected chi connectivity index (χ3v) is 7.65. The molecule has 3 aromatic rings. The minimum Gasteiger partial charge on any atom is -0.491 e. The molecule has 1 aliphatic heterocycles. The van der Waals surface area contributed by atoms with Gasteiger partial charge in [-0.2, -0.15) is 0 Å². The molecule has 4 atom stereocenters. The molecule has 3 N–H and O–H groups in total. The highest BCUT2D eigenvalue weighted by Crippen LogP contribution is 2.39. The maximum absolute atomic E-state index is 15.1. The van der Waals surface area contributed by atoms with E-state index >= 15 is 8.78 Å². The van der Waals surface area contributed by atoms with E-state index in [1.165, 1.54) is 6.20 Å². The number of carboxylic acid groups (broad SMARTS) is 1. The topological polar surface area (TPSA) is 132 Å². The van der Waals surface area contributed by atoms with E-state index in [1.807, 2.05) is 6.92 Å². The van der Waals surface area contributed by atoms with Crippen molar-refractivity contribution in [2.24, 2.45) is 5.92 Å². The summed E-state index contributed by atoms with van der Waals surface area (Å²) in [5, 5.41) is 14.5. The van der Waals surface area contributed by atoms with E-state index in [1.54, 1.807) is 26.1 Å². The quantitative estimate of drug-likeness (QED) is 0.287. The summed E-state index contributed by atoms with van der Waals surface area (Å²) in [6.45, 7) is 5.74. The van der Waals surface area contributed by atoms with E-state index in [2.05, 4.69) is 20.6 Å². The molecule has 2 aromatic heterocycles. The number of nitrogens with one attached hydrogen (secondary N) is 2. The zero-order chi connectivity index (χ0) is 31.6. The summed E-state index contributed by atoms with van der Waals surface area (Å²) < 4.78 is 61.7. The number of hydrogen-bond acceptors (Lipinski definition) is 7. The Hall–Kier alpha value is -4.23. The van der Waals surface area contributed by atoms with Crippen molar-refractivity contribution in [2.45, 2.75) is 63.9 Å².